The second-order valence-corrected chi connectivity index (χ2v) is 4.34. The average Bonchev–Trinajstić information content (AvgIpc) is 2.46. The number of benzene rings is 1. The summed E-state index contributed by atoms with van der Waals surface area (Å²) in [6, 6.07) is 4.04. The van der Waals surface area contributed by atoms with Crippen molar-refractivity contribution in [3.8, 4) is 17.1 Å². The SMILES string of the molecule is COC(=O)c1cc(N)nc(-c2ccc(Cl)c(OC)c2F)n1. The summed E-state index contributed by atoms with van der Waals surface area (Å²) in [5.41, 5.74) is 5.53. The van der Waals surface area contributed by atoms with Crippen LogP contribution >= 0.6 is 11.6 Å². The van der Waals surface area contributed by atoms with Crippen molar-refractivity contribution in [1.29, 1.82) is 0 Å². The van der Waals surface area contributed by atoms with Crippen LogP contribution in [-0.2, 0) is 4.74 Å². The fraction of sp³-hybridized carbons (Fsp3) is 0.154. The Kier molecular flexibility index (Phi) is 4.23. The van der Waals surface area contributed by atoms with E-state index in [1.165, 1.54) is 32.4 Å². The van der Waals surface area contributed by atoms with E-state index in [0.717, 1.165) is 0 Å². The van der Waals surface area contributed by atoms with Crippen LogP contribution in [-0.4, -0.2) is 30.2 Å². The molecule has 6 nitrogen and oxygen atoms in total. The minimum Gasteiger partial charge on any atom is -0.492 e. The summed E-state index contributed by atoms with van der Waals surface area (Å²) in [7, 11) is 2.49. The molecule has 0 bridgehead atoms. The Morgan fingerprint density at radius 2 is 2.05 bits per heavy atom. The number of nitrogen functional groups attached to an aromatic ring is 1. The molecule has 0 fully saturated rings. The first kappa shape index (κ1) is 15.0. The molecule has 8 heteroatoms. The van der Waals surface area contributed by atoms with Crippen molar-refractivity contribution in [3.05, 3.63) is 34.7 Å². The molecule has 0 spiro atoms. The minimum atomic E-state index is -0.744. The van der Waals surface area contributed by atoms with Gasteiger partial charge in [0.1, 0.15) is 5.82 Å². The van der Waals surface area contributed by atoms with Gasteiger partial charge in [0.15, 0.2) is 23.1 Å². The van der Waals surface area contributed by atoms with Crippen molar-refractivity contribution in [2.24, 2.45) is 0 Å². The number of methoxy groups -OCH3 is 2. The van der Waals surface area contributed by atoms with Gasteiger partial charge < -0.3 is 15.2 Å². The van der Waals surface area contributed by atoms with Crippen molar-refractivity contribution >= 4 is 23.4 Å². The molecule has 0 atom stereocenters. The lowest BCUT2D eigenvalue weighted by Gasteiger charge is -2.09. The third-order valence-corrected chi connectivity index (χ3v) is 2.93. The zero-order chi connectivity index (χ0) is 15.6. The fourth-order valence-electron chi connectivity index (χ4n) is 1.69. The number of nitrogens with zero attached hydrogens (tertiary/aromatic N) is 2. The predicted octanol–water partition coefficient (Wildman–Crippen LogP) is 2.31. The van der Waals surface area contributed by atoms with Gasteiger partial charge in [0, 0.05) is 6.07 Å². The number of ether oxygens (including phenoxy) is 2. The van der Waals surface area contributed by atoms with E-state index in [9.17, 15) is 9.18 Å². The molecule has 0 radical (unpaired) electrons. The summed E-state index contributed by atoms with van der Waals surface area (Å²) in [5.74, 6) is -1.64. The lowest BCUT2D eigenvalue weighted by Crippen LogP contribution is -2.08. The van der Waals surface area contributed by atoms with E-state index in [1.54, 1.807) is 0 Å². The van der Waals surface area contributed by atoms with Crippen molar-refractivity contribution in [2.45, 2.75) is 0 Å². The quantitative estimate of drug-likeness (QED) is 0.875. The summed E-state index contributed by atoms with van der Waals surface area (Å²) < 4.78 is 23.8. The number of nitrogens with two attached hydrogens (primary N) is 1. The second-order valence-electron chi connectivity index (χ2n) is 3.94. The Morgan fingerprint density at radius 1 is 1.33 bits per heavy atom. The number of hydrogen-bond acceptors (Lipinski definition) is 6. The molecule has 1 aromatic carbocycles. The lowest BCUT2D eigenvalue weighted by atomic mass is 10.1. The van der Waals surface area contributed by atoms with E-state index in [1.807, 2.05) is 0 Å². The fourth-order valence-corrected chi connectivity index (χ4v) is 1.91. The zero-order valence-corrected chi connectivity index (χ0v) is 11.9. The van der Waals surface area contributed by atoms with Gasteiger partial charge in [0.05, 0.1) is 24.8 Å². The largest absolute Gasteiger partial charge is 0.492 e. The summed E-state index contributed by atoms with van der Waals surface area (Å²) in [4.78, 5) is 19.3. The average molecular weight is 312 g/mol. The molecule has 0 saturated heterocycles. The van der Waals surface area contributed by atoms with Crippen LogP contribution in [0.3, 0.4) is 0 Å². The van der Waals surface area contributed by atoms with Crippen LogP contribution in [0.4, 0.5) is 10.2 Å². The number of aromatic nitrogens is 2. The van der Waals surface area contributed by atoms with E-state index < -0.39 is 11.8 Å². The van der Waals surface area contributed by atoms with Gasteiger partial charge in [-0.25, -0.2) is 19.2 Å². The van der Waals surface area contributed by atoms with E-state index in [0.29, 0.717) is 0 Å². The molecule has 1 heterocycles. The third-order valence-electron chi connectivity index (χ3n) is 2.63. The van der Waals surface area contributed by atoms with Crippen LogP contribution < -0.4 is 10.5 Å². The van der Waals surface area contributed by atoms with E-state index in [-0.39, 0.29) is 33.7 Å². The van der Waals surface area contributed by atoms with Crippen LogP contribution in [0.1, 0.15) is 10.5 Å². The number of anilines is 1. The third kappa shape index (κ3) is 2.87. The number of hydrogen-bond donors (Lipinski definition) is 1. The van der Waals surface area contributed by atoms with Gasteiger partial charge >= 0.3 is 5.97 Å². The van der Waals surface area contributed by atoms with E-state index in [4.69, 9.17) is 22.1 Å². The number of carbonyl (C=O) groups is 1. The standard InChI is InChI=1S/C13H11ClFN3O3/c1-20-11-7(14)4-3-6(10(11)15)12-17-8(13(19)21-2)5-9(16)18-12/h3-5H,1-2H3,(H2,16,17,18). The number of rotatable bonds is 3. The molecule has 2 aromatic rings. The smallest absolute Gasteiger partial charge is 0.356 e. The number of esters is 1. The first-order valence-corrected chi connectivity index (χ1v) is 6.11. The van der Waals surface area contributed by atoms with E-state index in [2.05, 4.69) is 14.7 Å². The van der Waals surface area contributed by atoms with Gasteiger partial charge in [-0.3, -0.25) is 0 Å². The van der Waals surface area contributed by atoms with Crippen LogP contribution in [0.25, 0.3) is 11.4 Å². The maximum Gasteiger partial charge on any atom is 0.356 e. The van der Waals surface area contributed by atoms with E-state index >= 15 is 0 Å². The normalized spacial score (nSPS) is 10.3. The molecular formula is C13H11ClFN3O3. The molecule has 0 aliphatic carbocycles. The molecule has 0 aliphatic rings. The highest BCUT2D eigenvalue weighted by Crippen LogP contribution is 2.33. The lowest BCUT2D eigenvalue weighted by molar-refractivity contribution is 0.0594. The summed E-state index contributed by atoms with van der Waals surface area (Å²) in [5, 5.41) is 0.107. The van der Waals surface area contributed by atoms with Gasteiger partial charge in [-0.05, 0) is 12.1 Å². The Morgan fingerprint density at radius 3 is 2.67 bits per heavy atom. The van der Waals surface area contributed by atoms with Crippen LogP contribution in [0.5, 0.6) is 5.75 Å². The highest BCUT2D eigenvalue weighted by molar-refractivity contribution is 6.32. The van der Waals surface area contributed by atoms with Crippen LogP contribution in [0, 0.1) is 5.82 Å². The molecule has 0 aliphatic heterocycles. The first-order valence-electron chi connectivity index (χ1n) is 5.73. The van der Waals surface area contributed by atoms with Gasteiger partial charge in [0.25, 0.3) is 0 Å². The Balaban J connectivity index is 2.62. The highest BCUT2D eigenvalue weighted by atomic mass is 35.5. The first-order chi connectivity index (χ1) is 9.97. The number of halogens is 2. The maximum atomic E-state index is 14.3. The van der Waals surface area contributed by atoms with Crippen molar-refractivity contribution < 1.29 is 18.7 Å². The van der Waals surface area contributed by atoms with Gasteiger partial charge in [0.2, 0.25) is 0 Å². The topological polar surface area (TPSA) is 87.3 Å². The van der Waals surface area contributed by atoms with Crippen LogP contribution in [0.15, 0.2) is 18.2 Å². The summed E-state index contributed by atoms with van der Waals surface area (Å²) >= 11 is 5.82. The summed E-state index contributed by atoms with van der Waals surface area (Å²) in [6.45, 7) is 0. The molecule has 0 amide bonds. The molecule has 1 aromatic heterocycles. The molecule has 2 N–H and O–H groups in total. The maximum absolute atomic E-state index is 14.3. The van der Waals surface area contributed by atoms with Gasteiger partial charge in [-0.1, -0.05) is 11.6 Å². The van der Waals surface area contributed by atoms with Gasteiger partial charge in [-0.2, -0.15) is 0 Å². The van der Waals surface area contributed by atoms with Crippen molar-refractivity contribution in [2.75, 3.05) is 20.0 Å². The Bertz CT molecular complexity index is 709. The van der Waals surface area contributed by atoms with Crippen molar-refractivity contribution in [1.82, 2.24) is 9.97 Å². The molecular weight excluding hydrogens is 301 g/mol. The minimum absolute atomic E-state index is 0.00806. The Labute approximate surface area is 124 Å². The number of carbonyl (C=O) groups excluding carboxylic acids is 1. The molecule has 0 unspecified atom stereocenters. The highest BCUT2D eigenvalue weighted by Gasteiger charge is 2.19. The molecule has 110 valence electrons. The Hall–Kier alpha value is -2.41. The van der Waals surface area contributed by atoms with Crippen molar-refractivity contribution in [3.63, 3.8) is 0 Å². The molecule has 0 saturated carbocycles. The molecule has 2 rings (SSSR count). The van der Waals surface area contributed by atoms with Gasteiger partial charge in [-0.15, -0.1) is 0 Å². The monoisotopic (exact) mass is 311 g/mol. The molecule has 21 heavy (non-hydrogen) atoms. The zero-order valence-electron chi connectivity index (χ0n) is 11.2. The second kappa shape index (κ2) is 5.92. The summed E-state index contributed by atoms with van der Waals surface area (Å²) in [6.07, 6.45) is 0. The predicted molar refractivity (Wildman–Crippen MR) is 74.7 cm³/mol. The van der Waals surface area contributed by atoms with Crippen LogP contribution in [0.2, 0.25) is 5.02 Å².